The molecule has 0 spiro atoms. The van der Waals surface area contributed by atoms with Crippen molar-refractivity contribution in [3.8, 4) is 0 Å². The molecule has 0 aliphatic carbocycles. The summed E-state index contributed by atoms with van der Waals surface area (Å²) in [5.41, 5.74) is 0. The summed E-state index contributed by atoms with van der Waals surface area (Å²) < 4.78 is 9.65. The molecule has 0 aromatic carbocycles. The van der Waals surface area contributed by atoms with Gasteiger partial charge in [-0.3, -0.25) is 4.79 Å². The molecule has 86 valence electrons. The highest BCUT2D eigenvalue weighted by Crippen LogP contribution is 2.10. The van der Waals surface area contributed by atoms with E-state index in [1.165, 1.54) is 13.8 Å². The van der Waals surface area contributed by atoms with Gasteiger partial charge in [-0.1, -0.05) is 0 Å². The van der Waals surface area contributed by atoms with Gasteiger partial charge in [0.1, 0.15) is 0 Å². The van der Waals surface area contributed by atoms with Gasteiger partial charge in [-0.15, -0.1) is 0 Å². The van der Waals surface area contributed by atoms with E-state index in [1.807, 2.05) is 0 Å². The van der Waals surface area contributed by atoms with Gasteiger partial charge in [-0.05, 0) is 19.3 Å². The molecule has 1 aliphatic heterocycles. The minimum Gasteiger partial charge on any atom is -0.426 e. The van der Waals surface area contributed by atoms with Crippen molar-refractivity contribution in [3.05, 3.63) is 0 Å². The number of rotatable bonds is 2. The summed E-state index contributed by atoms with van der Waals surface area (Å²) in [5, 5.41) is 0. The van der Waals surface area contributed by atoms with Crippen LogP contribution < -0.4 is 0 Å². The lowest BCUT2D eigenvalue weighted by Crippen LogP contribution is -2.38. The van der Waals surface area contributed by atoms with Crippen LogP contribution in [0, 0.1) is 0 Å². The second kappa shape index (κ2) is 5.58. The number of esters is 1. The highest BCUT2D eigenvalue weighted by atomic mass is 16.7. The number of nitrogens with zero attached hydrogens (tertiary/aromatic N) is 1. The van der Waals surface area contributed by atoms with Crippen molar-refractivity contribution < 1.29 is 19.1 Å². The van der Waals surface area contributed by atoms with Crippen LogP contribution in [-0.4, -0.2) is 36.3 Å². The number of ether oxygens (including phenoxy) is 2. The molecule has 1 atom stereocenters. The summed E-state index contributed by atoms with van der Waals surface area (Å²) in [6.45, 7) is 4.27. The van der Waals surface area contributed by atoms with E-state index in [9.17, 15) is 9.59 Å². The number of carbonyl (C=O) groups excluding carboxylic acids is 2. The first-order valence-electron chi connectivity index (χ1n) is 5.22. The Hall–Kier alpha value is -1.26. The number of carbonyl (C=O) groups is 2. The third kappa shape index (κ3) is 4.18. The zero-order chi connectivity index (χ0) is 11.3. The average Bonchev–Trinajstić information content (AvgIpc) is 2.17. The van der Waals surface area contributed by atoms with Gasteiger partial charge in [0.25, 0.3) is 0 Å². The van der Waals surface area contributed by atoms with Gasteiger partial charge >= 0.3 is 12.1 Å². The van der Waals surface area contributed by atoms with Crippen LogP contribution in [0.3, 0.4) is 0 Å². The van der Waals surface area contributed by atoms with Crippen LogP contribution in [-0.2, 0) is 14.3 Å². The van der Waals surface area contributed by atoms with Crippen molar-refractivity contribution in [1.29, 1.82) is 0 Å². The predicted octanol–water partition coefficient (Wildman–Crippen LogP) is 1.52. The van der Waals surface area contributed by atoms with Crippen molar-refractivity contribution in [2.24, 2.45) is 0 Å². The topological polar surface area (TPSA) is 55.8 Å². The Kier molecular flexibility index (Phi) is 4.39. The van der Waals surface area contributed by atoms with Crippen molar-refractivity contribution in [3.63, 3.8) is 0 Å². The molecule has 0 aromatic rings. The van der Waals surface area contributed by atoms with E-state index in [-0.39, 0.29) is 0 Å². The van der Waals surface area contributed by atoms with Crippen molar-refractivity contribution in [2.45, 2.75) is 39.4 Å². The van der Waals surface area contributed by atoms with Gasteiger partial charge in [0, 0.05) is 26.9 Å². The maximum Gasteiger partial charge on any atom is 0.412 e. The molecule has 0 saturated carbocycles. The zero-order valence-electron chi connectivity index (χ0n) is 9.19. The molecule has 1 unspecified atom stereocenters. The second-order valence-electron chi connectivity index (χ2n) is 3.61. The van der Waals surface area contributed by atoms with Gasteiger partial charge in [-0.25, -0.2) is 4.79 Å². The molecule has 0 bridgehead atoms. The third-order valence-corrected chi connectivity index (χ3v) is 2.21. The fraction of sp³-hybridized carbons (Fsp3) is 0.800. The van der Waals surface area contributed by atoms with Gasteiger partial charge in [0.15, 0.2) is 0 Å². The SMILES string of the molecule is CC(=O)OC(C)OC(=O)N1CCCCC1. The van der Waals surface area contributed by atoms with Crippen LogP contribution in [0.5, 0.6) is 0 Å². The lowest BCUT2D eigenvalue weighted by Gasteiger charge is -2.27. The summed E-state index contributed by atoms with van der Waals surface area (Å²) in [6.07, 6.45) is 1.97. The molecule has 5 heteroatoms. The predicted molar refractivity (Wildman–Crippen MR) is 53.1 cm³/mol. The van der Waals surface area contributed by atoms with Crippen LogP contribution in [0.1, 0.15) is 33.1 Å². The number of hydrogen-bond donors (Lipinski definition) is 0. The van der Waals surface area contributed by atoms with Crippen LogP contribution in [0.15, 0.2) is 0 Å². The Morgan fingerprint density at radius 3 is 2.27 bits per heavy atom. The highest BCUT2D eigenvalue weighted by Gasteiger charge is 2.20. The van der Waals surface area contributed by atoms with E-state index in [0.29, 0.717) is 0 Å². The smallest absolute Gasteiger partial charge is 0.412 e. The molecule has 0 radical (unpaired) electrons. The molecule has 0 aromatic heterocycles. The molecular formula is C10H17NO4. The van der Waals surface area contributed by atoms with Gasteiger partial charge in [0.2, 0.25) is 6.29 Å². The monoisotopic (exact) mass is 215 g/mol. The molecule has 1 fully saturated rings. The van der Waals surface area contributed by atoms with Gasteiger partial charge < -0.3 is 14.4 Å². The molecule has 1 amide bonds. The molecule has 5 nitrogen and oxygen atoms in total. The number of piperidine rings is 1. The van der Waals surface area contributed by atoms with Crippen molar-refractivity contribution >= 4 is 12.1 Å². The fourth-order valence-electron chi connectivity index (χ4n) is 1.55. The second-order valence-corrected chi connectivity index (χ2v) is 3.61. The van der Waals surface area contributed by atoms with Crippen LogP contribution in [0.2, 0.25) is 0 Å². The maximum absolute atomic E-state index is 11.5. The zero-order valence-corrected chi connectivity index (χ0v) is 9.19. The molecule has 1 aliphatic rings. The Labute approximate surface area is 89.3 Å². The first-order chi connectivity index (χ1) is 7.09. The van der Waals surface area contributed by atoms with E-state index in [0.717, 1.165) is 32.4 Å². The molecule has 1 rings (SSSR count). The molecule has 0 N–H and O–H groups in total. The Balaban J connectivity index is 2.30. The number of hydrogen-bond acceptors (Lipinski definition) is 4. The van der Waals surface area contributed by atoms with Crippen molar-refractivity contribution in [1.82, 2.24) is 4.90 Å². The largest absolute Gasteiger partial charge is 0.426 e. The molecule has 1 heterocycles. The van der Waals surface area contributed by atoms with Gasteiger partial charge in [-0.2, -0.15) is 0 Å². The quantitative estimate of drug-likeness (QED) is 0.517. The summed E-state index contributed by atoms with van der Waals surface area (Å²) in [6, 6.07) is 0. The van der Waals surface area contributed by atoms with E-state index in [2.05, 4.69) is 0 Å². The molecular weight excluding hydrogens is 198 g/mol. The summed E-state index contributed by atoms with van der Waals surface area (Å²) >= 11 is 0. The van der Waals surface area contributed by atoms with E-state index < -0.39 is 18.4 Å². The standard InChI is InChI=1S/C10H17NO4/c1-8(12)14-9(2)15-10(13)11-6-4-3-5-7-11/h9H,3-7H2,1-2H3. The molecule has 1 saturated heterocycles. The Bertz CT molecular complexity index is 236. The van der Waals surface area contributed by atoms with Gasteiger partial charge in [0.05, 0.1) is 0 Å². The summed E-state index contributed by atoms with van der Waals surface area (Å²) in [5.74, 6) is -0.450. The third-order valence-electron chi connectivity index (χ3n) is 2.21. The van der Waals surface area contributed by atoms with E-state index in [1.54, 1.807) is 4.90 Å². The average molecular weight is 215 g/mol. The first kappa shape index (κ1) is 11.8. The van der Waals surface area contributed by atoms with E-state index in [4.69, 9.17) is 9.47 Å². The van der Waals surface area contributed by atoms with Crippen molar-refractivity contribution in [2.75, 3.05) is 13.1 Å². The lowest BCUT2D eigenvalue weighted by molar-refractivity contribution is -0.163. The lowest BCUT2D eigenvalue weighted by atomic mass is 10.1. The van der Waals surface area contributed by atoms with Crippen LogP contribution in [0.4, 0.5) is 4.79 Å². The van der Waals surface area contributed by atoms with Crippen LogP contribution >= 0.6 is 0 Å². The highest BCUT2D eigenvalue weighted by molar-refractivity contribution is 5.69. The molecule has 15 heavy (non-hydrogen) atoms. The minimum absolute atomic E-state index is 0.400. The summed E-state index contributed by atoms with van der Waals surface area (Å²) in [7, 11) is 0. The number of amides is 1. The maximum atomic E-state index is 11.5. The minimum atomic E-state index is -0.808. The van der Waals surface area contributed by atoms with Crippen LogP contribution in [0.25, 0.3) is 0 Å². The summed E-state index contributed by atoms with van der Waals surface area (Å²) in [4.78, 5) is 23.7. The fourth-order valence-corrected chi connectivity index (χ4v) is 1.55. The normalized spacial score (nSPS) is 18.1. The first-order valence-corrected chi connectivity index (χ1v) is 5.22. The Morgan fingerprint density at radius 2 is 1.73 bits per heavy atom. The Morgan fingerprint density at radius 1 is 1.13 bits per heavy atom. The number of likely N-dealkylation sites (tertiary alicyclic amines) is 1. The van der Waals surface area contributed by atoms with E-state index >= 15 is 0 Å².